The van der Waals surface area contributed by atoms with E-state index < -0.39 is 18.0 Å². The van der Waals surface area contributed by atoms with Gasteiger partial charge in [-0.1, -0.05) is 0 Å². The molecule has 0 bridgehead atoms. The Bertz CT molecular complexity index is 656. The van der Waals surface area contributed by atoms with Gasteiger partial charge < -0.3 is 10.3 Å². The number of halogens is 2. The predicted octanol–water partition coefficient (Wildman–Crippen LogP) is 2.55. The Balaban J connectivity index is 1.77. The van der Waals surface area contributed by atoms with Crippen LogP contribution in [0.25, 0.3) is 0 Å². The lowest BCUT2D eigenvalue weighted by Gasteiger charge is -2.23. The van der Waals surface area contributed by atoms with E-state index in [0.29, 0.717) is 0 Å². The summed E-state index contributed by atoms with van der Waals surface area (Å²) in [6.07, 6.45) is 2.85. The van der Waals surface area contributed by atoms with Crippen molar-refractivity contribution in [3.63, 3.8) is 0 Å². The minimum Gasteiger partial charge on any atom is -0.365 e. The number of alkyl halides is 2. The summed E-state index contributed by atoms with van der Waals surface area (Å²) in [6, 6.07) is 2.85. The second-order valence-corrected chi connectivity index (χ2v) is 4.96. The van der Waals surface area contributed by atoms with Gasteiger partial charge in [0.05, 0.1) is 6.04 Å². The summed E-state index contributed by atoms with van der Waals surface area (Å²) in [6.45, 7) is 0. The van der Waals surface area contributed by atoms with E-state index in [2.05, 4.69) is 20.3 Å². The van der Waals surface area contributed by atoms with Crippen LogP contribution in [0.3, 0.4) is 0 Å². The van der Waals surface area contributed by atoms with Crippen molar-refractivity contribution in [3.8, 4) is 0 Å². The third-order valence-electron chi connectivity index (χ3n) is 3.61. The topological polar surface area (TPSA) is 70.7 Å². The molecular formula is C14H14F2N4O. The number of amides is 1. The Labute approximate surface area is 119 Å². The van der Waals surface area contributed by atoms with Gasteiger partial charge in [-0.15, -0.1) is 0 Å². The first-order valence-electron chi connectivity index (χ1n) is 6.72. The number of hydrogen-bond donors (Lipinski definition) is 2. The number of aromatic amines is 1. The molecule has 5 nitrogen and oxygen atoms in total. The lowest BCUT2D eigenvalue weighted by molar-refractivity contribution is 0.0926. The van der Waals surface area contributed by atoms with E-state index in [1.54, 1.807) is 0 Å². The molecule has 0 saturated heterocycles. The Morgan fingerprint density at radius 2 is 2.29 bits per heavy atom. The molecule has 3 rings (SSSR count). The van der Waals surface area contributed by atoms with Crippen molar-refractivity contribution in [1.82, 2.24) is 20.3 Å². The van der Waals surface area contributed by atoms with Gasteiger partial charge in [-0.25, -0.2) is 18.7 Å². The zero-order valence-corrected chi connectivity index (χ0v) is 11.1. The Kier molecular flexibility index (Phi) is 3.64. The molecule has 1 aliphatic rings. The summed E-state index contributed by atoms with van der Waals surface area (Å²) < 4.78 is 25.2. The van der Waals surface area contributed by atoms with E-state index >= 15 is 0 Å². The maximum absolute atomic E-state index is 12.6. The van der Waals surface area contributed by atoms with E-state index in [-0.39, 0.29) is 11.7 Å². The molecular weight excluding hydrogens is 278 g/mol. The monoisotopic (exact) mass is 292 g/mol. The van der Waals surface area contributed by atoms with Crippen LogP contribution in [0.5, 0.6) is 0 Å². The fraction of sp³-hybridized carbons (Fsp3) is 0.357. The Morgan fingerprint density at radius 3 is 3.10 bits per heavy atom. The average Bonchev–Trinajstić information content (AvgIpc) is 2.97. The maximum Gasteiger partial charge on any atom is 0.280 e. The normalized spacial score (nSPS) is 17.6. The quantitative estimate of drug-likeness (QED) is 0.913. The molecule has 0 radical (unpaired) electrons. The molecule has 1 aliphatic carbocycles. The van der Waals surface area contributed by atoms with Crippen LogP contribution < -0.4 is 5.32 Å². The second kappa shape index (κ2) is 5.59. The SMILES string of the molecule is O=C(NC1CCCc2[nH]ccc21)c1cc(C(F)F)ncn1. The van der Waals surface area contributed by atoms with Crippen molar-refractivity contribution in [2.24, 2.45) is 0 Å². The van der Waals surface area contributed by atoms with Gasteiger partial charge in [0.1, 0.15) is 17.7 Å². The lowest BCUT2D eigenvalue weighted by Crippen LogP contribution is -2.31. The first kappa shape index (κ1) is 13.7. The van der Waals surface area contributed by atoms with Gasteiger partial charge in [-0.2, -0.15) is 0 Å². The van der Waals surface area contributed by atoms with Crippen LogP contribution in [-0.2, 0) is 6.42 Å². The molecule has 1 atom stereocenters. The van der Waals surface area contributed by atoms with Gasteiger partial charge in [0.2, 0.25) is 0 Å². The second-order valence-electron chi connectivity index (χ2n) is 4.96. The number of fused-ring (bicyclic) bond motifs is 1. The van der Waals surface area contributed by atoms with Crippen molar-refractivity contribution < 1.29 is 13.6 Å². The average molecular weight is 292 g/mol. The van der Waals surface area contributed by atoms with E-state index in [1.807, 2.05) is 12.3 Å². The number of nitrogens with zero attached hydrogens (tertiary/aromatic N) is 2. The fourth-order valence-corrected chi connectivity index (χ4v) is 2.60. The first-order valence-corrected chi connectivity index (χ1v) is 6.72. The molecule has 2 heterocycles. The van der Waals surface area contributed by atoms with Crippen LogP contribution in [0, 0.1) is 0 Å². The van der Waals surface area contributed by atoms with Gasteiger partial charge in [-0.3, -0.25) is 4.79 Å². The fourth-order valence-electron chi connectivity index (χ4n) is 2.60. The Hall–Kier alpha value is -2.31. The number of nitrogens with one attached hydrogen (secondary N) is 2. The molecule has 2 aromatic rings. The molecule has 110 valence electrons. The van der Waals surface area contributed by atoms with Crippen LogP contribution in [-0.4, -0.2) is 20.9 Å². The highest BCUT2D eigenvalue weighted by molar-refractivity contribution is 5.92. The van der Waals surface area contributed by atoms with Gasteiger partial charge in [-0.05, 0) is 37.0 Å². The molecule has 2 N–H and O–H groups in total. The van der Waals surface area contributed by atoms with E-state index in [1.165, 1.54) is 0 Å². The lowest BCUT2D eigenvalue weighted by atomic mass is 9.93. The van der Waals surface area contributed by atoms with Crippen LogP contribution in [0.2, 0.25) is 0 Å². The number of H-pyrrole nitrogens is 1. The zero-order chi connectivity index (χ0) is 14.8. The van der Waals surface area contributed by atoms with Crippen molar-refractivity contribution in [1.29, 1.82) is 0 Å². The number of rotatable bonds is 3. The molecule has 0 saturated carbocycles. The molecule has 2 aromatic heterocycles. The number of aromatic nitrogens is 3. The van der Waals surface area contributed by atoms with Gasteiger partial charge >= 0.3 is 0 Å². The van der Waals surface area contributed by atoms with Crippen molar-refractivity contribution >= 4 is 5.91 Å². The molecule has 0 fully saturated rings. The van der Waals surface area contributed by atoms with Gasteiger partial charge in [0.15, 0.2) is 0 Å². The first-order chi connectivity index (χ1) is 10.1. The third-order valence-corrected chi connectivity index (χ3v) is 3.61. The highest BCUT2D eigenvalue weighted by Crippen LogP contribution is 2.29. The van der Waals surface area contributed by atoms with Crippen LogP contribution in [0.1, 0.15) is 52.7 Å². The summed E-state index contributed by atoms with van der Waals surface area (Å²) in [5.41, 5.74) is 1.68. The van der Waals surface area contributed by atoms with Crippen LogP contribution >= 0.6 is 0 Å². The molecule has 21 heavy (non-hydrogen) atoms. The molecule has 0 aromatic carbocycles. The minimum absolute atomic E-state index is 0.0389. The molecule has 1 unspecified atom stereocenters. The predicted molar refractivity (Wildman–Crippen MR) is 70.9 cm³/mol. The number of carbonyl (C=O) groups excluding carboxylic acids is 1. The maximum atomic E-state index is 12.6. The smallest absolute Gasteiger partial charge is 0.280 e. The van der Waals surface area contributed by atoms with Gasteiger partial charge in [0.25, 0.3) is 12.3 Å². The van der Waals surface area contributed by atoms with E-state index in [0.717, 1.165) is 42.9 Å². The number of hydrogen-bond acceptors (Lipinski definition) is 3. The highest BCUT2D eigenvalue weighted by Gasteiger charge is 2.24. The Morgan fingerprint density at radius 1 is 1.43 bits per heavy atom. The molecule has 0 aliphatic heterocycles. The zero-order valence-electron chi connectivity index (χ0n) is 11.1. The van der Waals surface area contributed by atoms with Crippen LogP contribution in [0.4, 0.5) is 8.78 Å². The van der Waals surface area contributed by atoms with Crippen LogP contribution in [0.15, 0.2) is 24.7 Å². The summed E-state index contributed by atoms with van der Waals surface area (Å²) in [5, 5.41) is 2.85. The summed E-state index contributed by atoms with van der Waals surface area (Å²) in [4.78, 5) is 22.5. The molecule has 7 heteroatoms. The molecule has 0 spiro atoms. The van der Waals surface area contributed by atoms with Gasteiger partial charge in [0, 0.05) is 11.9 Å². The standard InChI is InChI=1S/C14H14F2N4O/c15-13(16)11-6-12(19-7-18-11)14(21)20-10-3-1-2-9-8(10)4-5-17-9/h4-7,10,13,17H,1-3H2,(H,20,21). The summed E-state index contributed by atoms with van der Waals surface area (Å²) in [5.74, 6) is -0.460. The number of carbonyl (C=O) groups is 1. The summed E-state index contributed by atoms with van der Waals surface area (Å²) >= 11 is 0. The third kappa shape index (κ3) is 2.76. The van der Waals surface area contributed by atoms with Crippen molar-refractivity contribution in [3.05, 3.63) is 47.3 Å². The number of aryl methyl sites for hydroxylation is 1. The summed E-state index contributed by atoms with van der Waals surface area (Å²) in [7, 11) is 0. The minimum atomic E-state index is -2.72. The largest absolute Gasteiger partial charge is 0.365 e. The highest BCUT2D eigenvalue weighted by atomic mass is 19.3. The molecule has 1 amide bonds. The van der Waals surface area contributed by atoms with Crippen molar-refractivity contribution in [2.45, 2.75) is 31.7 Å². The van der Waals surface area contributed by atoms with E-state index in [9.17, 15) is 13.6 Å². The van der Waals surface area contributed by atoms with Crippen molar-refractivity contribution in [2.75, 3.05) is 0 Å². The van der Waals surface area contributed by atoms with E-state index in [4.69, 9.17) is 0 Å².